The van der Waals surface area contributed by atoms with Gasteiger partial charge in [-0.15, -0.1) is 0 Å². The summed E-state index contributed by atoms with van der Waals surface area (Å²) in [6.07, 6.45) is 3.53. The molecule has 2 nitrogen and oxygen atoms in total. The van der Waals surface area contributed by atoms with Gasteiger partial charge in [0.25, 0.3) is 0 Å². The van der Waals surface area contributed by atoms with E-state index >= 15 is 0 Å². The van der Waals surface area contributed by atoms with Crippen LogP contribution in [0.4, 0.5) is 0 Å². The van der Waals surface area contributed by atoms with Gasteiger partial charge in [0.15, 0.2) is 0 Å². The fourth-order valence-corrected chi connectivity index (χ4v) is 2.39. The number of ether oxygens (including phenoxy) is 1. The van der Waals surface area contributed by atoms with Gasteiger partial charge in [-0.05, 0) is 54.7 Å². The van der Waals surface area contributed by atoms with Crippen molar-refractivity contribution in [3.63, 3.8) is 0 Å². The molecule has 0 unspecified atom stereocenters. The summed E-state index contributed by atoms with van der Waals surface area (Å²) in [4.78, 5) is 0. The molecule has 0 N–H and O–H groups in total. The van der Waals surface area contributed by atoms with E-state index in [2.05, 4.69) is 18.2 Å². The fourth-order valence-electron chi connectivity index (χ4n) is 2.39. The normalized spacial score (nSPS) is 12.8. The van der Waals surface area contributed by atoms with Crippen LogP contribution in [0.25, 0.3) is 0 Å². The monoisotopic (exact) mass is 235 g/mol. The lowest BCUT2D eigenvalue weighted by molar-refractivity contribution is 0.480. The quantitative estimate of drug-likeness (QED) is 0.792. The molecule has 3 rings (SSSR count). The van der Waals surface area contributed by atoms with Crippen LogP contribution >= 0.6 is 0 Å². The molecule has 0 saturated heterocycles. The molecule has 0 heterocycles. The largest absolute Gasteiger partial charge is 0.456 e. The molecule has 0 aliphatic heterocycles. The Labute approximate surface area is 106 Å². The van der Waals surface area contributed by atoms with Crippen molar-refractivity contribution < 1.29 is 4.74 Å². The van der Waals surface area contributed by atoms with E-state index in [1.54, 1.807) is 6.07 Å². The van der Waals surface area contributed by atoms with E-state index < -0.39 is 0 Å². The first-order valence-electron chi connectivity index (χ1n) is 6.15. The van der Waals surface area contributed by atoms with Crippen LogP contribution in [0.5, 0.6) is 11.5 Å². The van der Waals surface area contributed by atoms with Gasteiger partial charge in [-0.2, -0.15) is 5.26 Å². The van der Waals surface area contributed by atoms with Gasteiger partial charge in [0.2, 0.25) is 0 Å². The Hall–Kier alpha value is -2.27. The number of rotatable bonds is 2. The molecule has 0 saturated carbocycles. The zero-order valence-electron chi connectivity index (χ0n) is 10.0. The predicted octanol–water partition coefficient (Wildman–Crippen LogP) is 3.84. The Balaban J connectivity index is 1.91. The van der Waals surface area contributed by atoms with Crippen LogP contribution in [0.2, 0.25) is 0 Å². The van der Waals surface area contributed by atoms with Crippen molar-refractivity contribution >= 4 is 0 Å². The van der Waals surface area contributed by atoms with Gasteiger partial charge in [0, 0.05) is 0 Å². The molecule has 0 bridgehead atoms. The number of nitriles is 1. The summed E-state index contributed by atoms with van der Waals surface area (Å²) in [5.41, 5.74) is 3.37. The maximum Gasteiger partial charge on any atom is 0.145 e. The number of para-hydroxylation sites is 1. The molecule has 2 aromatic rings. The molecule has 0 amide bonds. The highest BCUT2D eigenvalue weighted by Gasteiger charge is 2.12. The lowest BCUT2D eigenvalue weighted by atomic mass is 10.1. The first-order valence-corrected chi connectivity index (χ1v) is 6.15. The third kappa shape index (κ3) is 1.96. The molecule has 0 atom stereocenters. The van der Waals surface area contributed by atoms with Gasteiger partial charge < -0.3 is 4.74 Å². The fraction of sp³-hybridized carbons (Fsp3) is 0.188. The summed E-state index contributed by atoms with van der Waals surface area (Å²) in [6, 6.07) is 15.7. The third-order valence-corrected chi connectivity index (χ3v) is 3.31. The minimum absolute atomic E-state index is 0.568. The topological polar surface area (TPSA) is 33.0 Å². The maximum absolute atomic E-state index is 9.02. The summed E-state index contributed by atoms with van der Waals surface area (Å²) in [5.74, 6) is 1.44. The lowest BCUT2D eigenvalue weighted by Crippen LogP contribution is -1.89. The van der Waals surface area contributed by atoms with Gasteiger partial charge in [0.1, 0.15) is 17.6 Å². The summed E-state index contributed by atoms with van der Waals surface area (Å²) < 4.78 is 5.80. The van der Waals surface area contributed by atoms with Crippen LogP contribution < -0.4 is 4.74 Å². The van der Waals surface area contributed by atoms with Crippen LogP contribution in [0.15, 0.2) is 42.5 Å². The van der Waals surface area contributed by atoms with Crippen molar-refractivity contribution in [1.82, 2.24) is 0 Å². The maximum atomic E-state index is 9.02. The second-order valence-electron chi connectivity index (χ2n) is 4.49. The molecule has 0 spiro atoms. The molecule has 18 heavy (non-hydrogen) atoms. The SMILES string of the molecule is N#Cc1ccccc1Oc1ccc2c(c1)CCC2. The van der Waals surface area contributed by atoms with Gasteiger partial charge in [-0.25, -0.2) is 0 Å². The van der Waals surface area contributed by atoms with Crippen LogP contribution in [-0.2, 0) is 12.8 Å². The molecule has 0 fully saturated rings. The van der Waals surface area contributed by atoms with E-state index in [1.165, 1.54) is 24.0 Å². The molecule has 88 valence electrons. The van der Waals surface area contributed by atoms with E-state index in [4.69, 9.17) is 10.00 Å². The van der Waals surface area contributed by atoms with Gasteiger partial charge >= 0.3 is 0 Å². The molecular formula is C16H13NO. The average Bonchev–Trinajstić information content (AvgIpc) is 2.87. The zero-order chi connectivity index (χ0) is 12.4. The first-order chi connectivity index (χ1) is 8.86. The second kappa shape index (κ2) is 4.54. The molecule has 0 aromatic heterocycles. The van der Waals surface area contributed by atoms with Crippen molar-refractivity contribution in [2.75, 3.05) is 0 Å². The molecule has 2 heteroatoms. The second-order valence-corrected chi connectivity index (χ2v) is 4.49. The Morgan fingerprint density at radius 2 is 1.83 bits per heavy atom. The number of fused-ring (bicyclic) bond motifs is 1. The van der Waals surface area contributed by atoms with Gasteiger partial charge in [0.05, 0.1) is 5.56 Å². The Bertz CT molecular complexity index is 625. The van der Waals surface area contributed by atoms with Crippen molar-refractivity contribution in [2.24, 2.45) is 0 Å². The number of benzene rings is 2. The van der Waals surface area contributed by atoms with Crippen molar-refractivity contribution in [2.45, 2.75) is 19.3 Å². The average molecular weight is 235 g/mol. The number of hydrogen-bond donors (Lipinski definition) is 0. The molecule has 0 radical (unpaired) electrons. The van der Waals surface area contributed by atoms with Crippen LogP contribution in [0.3, 0.4) is 0 Å². The van der Waals surface area contributed by atoms with E-state index in [-0.39, 0.29) is 0 Å². The number of hydrogen-bond acceptors (Lipinski definition) is 2. The van der Waals surface area contributed by atoms with Crippen molar-refractivity contribution in [3.8, 4) is 17.6 Å². The molecule has 2 aromatic carbocycles. The zero-order valence-corrected chi connectivity index (χ0v) is 10.0. The van der Waals surface area contributed by atoms with E-state index in [9.17, 15) is 0 Å². The summed E-state index contributed by atoms with van der Waals surface area (Å²) >= 11 is 0. The standard InChI is InChI=1S/C16H13NO/c17-11-14-4-1-2-7-16(14)18-15-9-8-12-5-3-6-13(12)10-15/h1-2,4,7-10H,3,5-6H2. The summed E-state index contributed by atoms with van der Waals surface area (Å²) in [5, 5.41) is 9.02. The Morgan fingerprint density at radius 3 is 2.72 bits per heavy atom. The summed E-state index contributed by atoms with van der Waals surface area (Å²) in [6.45, 7) is 0. The van der Waals surface area contributed by atoms with E-state index in [0.717, 1.165) is 12.2 Å². The third-order valence-electron chi connectivity index (χ3n) is 3.31. The highest BCUT2D eigenvalue weighted by molar-refractivity contribution is 5.46. The van der Waals surface area contributed by atoms with Crippen molar-refractivity contribution in [3.05, 3.63) is 59.2 Å². The van der Waals surface area contributed by atoms with Crippen LogP contribution in [-0.4, -0.2) is 0 Å². The minimum atomic E-state index is 0.568. The van der Waals surface area contributed by atoms with Gasteiger partial charge in [-0.1, -0.05) is 18.2 Å². The molecule has 1 aliphatic rings. The van der Waals surface area contributed by atoms with Crippen molar-refractivity contribution in [1.29, 1.82) is 5.26 Å². The predicted molar refractivity (Wildman–Crippen MR) is 69.7 cm³/mol. The highest BCUT2D eigenvalue weighted by Crippen LogP contribution is 2.30. The van der Waals surface area contributed by atoms with Crippen LogP contribution in [0.1, 0.15) is 23.1 Å². The Kier molecular flexibility index (Phi) is 2.74. The number of aryl methyl sites for hydroxylation is 2. The molecular weight excluding hydrogens is 222 g/mol. The lowest BCUT2D eigenvalue weighted by Gasteiger charge is -2.08. The van der Waals surface area contributed by atoms with Crippen LogP contribution in [0, 0.1) is 11.3 Å². The summed E-state index contributed by atoms with van der Waals surface area (Å²) in [7, 11) is 0. The highest BCUT2D eigenvalue weighted by atomic mass is 16.5. The van der Waals surface area contributed by atoms with E-state index in [1.807, 2.05) is 24.3 Å². The Morgan fingerprint density at radius 1 is 1.00 bits per heavy atom. The smallest absolute Gasteiger partial charge is 0.145 e. The van der Waals surface area contributed by atoms with E-state index in [0.29, 0.717) is 11.3 Å². The minimum Gasteiger partial charge on any atom is -0.456 e. The van der Waals surface area contributed by atoms with Gasteiger partial charge in [-0.3, -0.25) is 0 Å². The molecule has 1 aliphatic carbocycles. The first kappa shape index (κ1) is 10.9. The number of nitrogens with zero attached hydrogens (tertiary/aromatic N) is 1.